The minimum Gasteiger partial charge on any atom is -0.506 e. The molecule has 130 valence electrons. The van der Waals surface area contributed by atoms with Crippen LogP contribution in [0, 0.1) is 0 Å². The zero-order valence-corrected chi connectivity index (χ0v) is 13.9. The molecule has 3 aromatic carbocycles. The summed E-state index contributed by atoms with van der Waals surface area (Å²) in [4.78, 5) is 25.7. The van der Waals surface area contributed by atoms with Gasteiger partial charge in [0, 0.05) is 16.8 Å². The zero-order valence-electron chi connectivity index (χ0n) is 13.1. The summed E-state index contributed by atoms with van der Waals surface area (Å²) in [6.07, 6.45) is 0. The SMILES string of the molecule is O=C1c2ccccc2C(=O)N1c1c(O)cc(S(=O)(=O)O)c2ccccc12. The zero-order chi connectivity index (χ0) is 18.6. The van der Waals surface area contributed by atoms with Crippen molar-refractivity contribution >= 4 is 38.4 Å². The van der Waals surface area contributed by atoms with Crippen LogP contribution in [0.5, 0.6) is 5.75 Å². The molecule has 1 aliphatic rings. The third kappa shape index (κ3) is 2.20. The Kier molecular flexibility index (Phi) is 3.36. The Morgan fingerprint density at radius 2 is 1.31 bits per heavy atom. The summed E-state index contributed by atoms with van der Waals surface area (Å²) in [7, 11) is -4.62. The number of carbonyl (C=O) groups is 2. The van der Waals surface area contributed by atoms with E-state index in [0.29, 0.717) is 0 Å². The van der Waals surface area contributed by atoms with Gasteiger partial charge in [-0.05, 0) is 12.1 Å². The number of benzene rings is 3. The fourth-order valence-corrected chi connectivity index (χ4v) is 3.87. The third-order valence-electron chi connectivity index (χ3n) is 4.25. The molecule has 0 radical (unpaired) electrons. The maximum atomic E-state index is 12.7. The highest BCUT2D eigenvalue weighted by Crippen LogP contribution is 2.42. The van der Waals surface area contributed by atoms with E-state index in [-0.39, 0.29) is 27.6 Å². The Morgan fingerprint density at radius 1 is 0.808 bits per heavy atom. The highest BCUT2D eigenvalue weighted by molar-refractivity contribution is 7.86. The fraction of sp³-hybridized carbons (Fsp3) is 0. The second kappa shape index (κ2) is 5.38. The van der Waals surface area contributed by atoms with E-state index in [1.165, 1.54) is 24.3 Å². The van der Waals surface area contributed by atoms with Crippen LogP contribution in [0.15, 0.2) is 59.5 Å². The maximum absolute atomic E-state index is 12.7. The lowest BCUT2D eigenvalue weighted by atomic mass is 10.1. The molecule has 0 fully saturated rings. The van der Waals surface area contributed by atoms with Crippen LogP contribution < -0.4 is 4.90 Å². The van der Waals surface area contributed by atoms with E-state index in [1.807, 2.05) is 0 Å². The van der Waals surface area contributed by atoms with Gasteiger partial charge in [0.05, 0.1) is 11.1 Å². The van der Waals surface area contributed by atoms with Crippen LogP contribution in [0.3, 0.4) is 0 Å². The van der Waals surface area contributed by atoms with Crippen LogP contribution in [0.4, 0.5) is 5.69 Å². The summed E-state index contributed by atoms with van der Waals surface area (Å²) in [6, 6.07) is 13.1. The Bertz CT molecular complexity index is 1180. The lowest BCUT2D eigenvalue weighted by Gasteiger charge is -2.19. The molecule has 1 aliphatic heterocycles. The molecule has 0 aromatic heterocycles. The second-order valence-electron chi connectivity index (χ2n) is 5.75. The first-order chi connectivity index (χ1) is 12.3. The summed E-state index contributed by atoms with van der Waals surface area (Å²) in [5.74, 6) is -1.85. The first kappa shape index (κ1) is 16.2. The van der Waals surface area contributed by atoms with Crippen LogP contribution in [0.1, 0.15) is 20.7 Å². The molecular weight excluding hydrogens is 358 g/mol. The van der Waals surface area contributed by atoms with E-state index in [9.17, 15) is 27.7 Å². The van der Waals surface area contributed by atoms with Crippen LogP contribution >= 0.6 is 0 Å². The van der Waals surface area contributed by atoms with Crippen molar-refractivity contribution in [2.75, 3.05) is 4.90 Å². The molecule has 0 saturated carbocycles. The third-order valence-corrected chi connectivity index (χ3v) is 5.15. The number of amides is 2. The molecule has 0 atom stereocenters. The Morgan fingerprint density at radius 3 is 1.85 bits per heavy atom. The standard InChI is InChI=1S/C18H11NO6S/c20-14-9-15(26(23,24)25)10-5-1-2-6-11(10)16(14)19-17(21)12-7-3-4-8-13(12)18(19)22/h1-9,20H,(H,23,24,25). The first-order valence-electron chi connectivity index (χ1n) is 7.50. The van der Waals surface area contributed by atoms with Gasteiger partial charge in [-0.3, -0.25) is 14.1 Å². The number of aromatic hydroxyl groups is 1. The molecule has 3 aromatic rings. The lowest BCUT2D eigenvalue weighted by Crippen LogP contribution is -2.29. The number of nitrogens with zero attached hydrogens (tertiary/aromatic N) is 1. The summed E-state index contributed by atoms with van der Waals surface area (Å²) in [5, 5.41) is 10.6. The quantitative estimate of drug-likeness (QED) is 0.530. The van der Waals surface area contributed by atoms with Crippen molar-refractivity contribution in [3.8, 4) is 5.75 Å². The molecule has 4 rings (SSSR count). The molecule has 26 heavy (non-hydrogen) atoms. The lowest BCUT2D eigenvalue weighted by molar-refractivity contribution is 0.0925. The van der Waals surface area contributed by atoms with E-state index >= 15 is 0 Å². The summed E-state index contributed by atoms with van der Waals surface area (Å²) < 4.78 is 32.7. The summed E-state index contributed by atoms with van der Waals surface area (Å²) in [6.45, 7) is 0. The van der Waals surface area contributed by atoms with Crippen molar-refractivity contribution in [3.05, 3.63) is 65.7 Å². The van der Waals surface area contributed by atoms with Gasteiger partial charge < -0.3 is 5.11 Å². The van der Waals surface area contributed by atoms with Gasteiger partial charge in [0.2, 0.25) is 0 Å². The van der Waals surface area contributed by atoms with Gasteiger partial charge in [0.25, 0.3) is 21.9 Å². The van der Waals surface area contributed by atoms with Gasteiger partial charge in [-0.1, -0.05) is 36.4 Å². The van der Waals surface area contributed by atoms with Gasteiger partial charge in [-0.25, -0.2) is 4.90 Å². The molecule has 0 spiro atoms. The fourth-order valence-electron chi connectivity index (χ4n) is 3.15. The largest absolute Gasteiger partial charge is 0.506 e. The number of carbonyl (C=O) groups excluding carboxylic acids is 2. The topological polar surface area (TPSA) is 112 Å². The molecule has 2 amide bonds. The molecule has 8 heteroatoms. The van der Waals surface area contributed by atoms with Crippen LogP contribution in [0.2, 0.25) is 0 Å². The Balaban J connectivity index is 2.05. The number of anilines is 1. The van der Waals surface area contributed by atoms with Gasteiger partial charge in [0.15, 0.2) is 0 Å². The highest BCUT2D eigenvalue weighted by Gasteiger charge is 2.39. The number of hydrogen-bond donors (Lipinski definition) is 2. The van der Waals surface area contributed by atoms with Crippen LogP contribution in [0.25, 0.3) is 10.8 Å². The summed E-state index contributed by atoms with van der Waals surface area (Å²) >= 11 is 0. The predicted molar refractivity (Wildman–Crippen MR) is 93.0 cm³/mol. The van der Waals surface area contributed by atoms with Gasteiger partial charge in [-0.2, -0.15) is 8.42 Å². The van der Waals surface area contributed by atoms with Crippen molar-refractivity contribution < 1.29 is 27.7 Å². The van der Waals surface area contributed by atoms with Crippen LogP contribution in [-0.4, -0.2) is 29.9 Å². The second-order valence-corrected chi connectivity index (χ2v) is 7.14. The van der Waals surface area contributed by atoms with Crippen molar-refractivity contribution in [3.63, 3.8) is 0 Å². The van der Waals surface area contributed by atoms with E-state index in [2.05, 4.69) is 0 Å². The van der Waals surface area contributed by atoms with E-state index in [0.717, 1.165) is 11.0 Å². The highest BCUT2D eigenvalue weighted by atomic mass is 32.2. The van der Waals surface area contributed by atoms with Crippen LogP contribution in [-0.2, 0) is 10.1 Å². The number of imide groups is 1. The smallest absolute Gasteiger partial charge is 0.295 e. The molecule has 7 nitrogen and oxygen atoms in total. The average molecular weight is 369 g/mol. The van der Waals surface area contributed by atoms with Gasteiger partial charge in [-0.15, -0.1) is 0 Å². The number of fused-ring (bicyclic) bond motifs is 2. The van der Waals surface area contributed by atoms with Crippen molar-refractivity contribution in [2.45, 2.75) is 4.90 Å². The molecular formula is C18H11NO6S. The van der Waals surface area contributed by atoms with E-state index in [1.54, 1.807) is 24.3 Å². The van der Waals surface area contributed by atoms with E-state index < -0.39 is 32.6 Å². The maximum Gasteiger partial charge on any atom is 0.295 e. The van der Waals surface area contributed by atoms with Gasteiger partial charge >= 0.3 is 0 Å². The summed E-state index contributed by atoms with van der Waals surface area (Å²) in [5.41, 5.74) is 0.263. The molecule has 1 heterocycles. The average Bonchev–Trinajstić information content (AvgIpc) is 2.85. The van der Waals surface area contributed by atoms with Crippen molar-refractivity contribution in [1.82, 2.24) is 0 Å². The molecule has 2 N–H and O–H groups in total. The molecule has 0 aliphatic carbocycles. The minimum absolute atomic E-state index is 0.0827. The van der Waals surface area contributed by atoms with Gasteiger partial charge in [0.1, 0.15) is 16.3 Å². The number of phenolic OH excluding ortho intramolecular Hbond substituents is 1. The Labute approximate surface area is 147 Å². The monoisotopic (exact) mass is 369 g/mol. The molecule has 0 bridgehead atoms. The minimum atomic E-state index is -4.62. The number of phenols is 1. The van der Waals surface area contributed by atoms with Crippen molar-refractivity contribution in [2.24, 2.45) is 0 Å². The molecule has 0 unspecified atom stereocenters. The van der Waals surface area contributed by atoms with Crippen molar-refractivity contribution in [1.29, 1.82) is 0 Å². The Hall–Kier alpha value is -3.23. The first-order valence-corrected chi connectivity index (χ1v) is 8.94. The molecule has 0 saturated heterocycles. The van der Waals surface area contributed by atoms with E-state index in [4.69, 9.17) is 0 Å². The predicted octanol–water partition coefficient (Wildman–Crippen LogP) is 2.59. The number of hydrogen-bond acceptors (Lipinski definition) is 5. The number of rotatable bonds is 2. The normalized spacial score (nSPS) is 14.1.